The van der Waals surface area contributed by atoms with Crippen LogP contribution in [0.25, 0.3) is 0 Å². The third kappa shape index (κ3) is 3.79. The van der Waals surface area contributed by atoms with Crippen LogP contribution in [0.2, 0.25) is 0 Å². The lowest BCUT2D eigenvalue weighted by atomic mass is 10.1. The molecule has 0 radical (unpaired) electrons. The summed E-state index contributed by atoms with van der Waals surface area (Å²) < 4.78 is 27.9. The third-order valence-electron chi connectivity index (χ3n) is 1.99. The Morgan fingerprint density at radius 2 is 1.81 bits per heavy atom. The van der Waals surface area contributed by atoms with Gasteiger partial charge in [-0.15, -0.1) is 0 Å². The molecule has 0 bridgehead atoms. The zero-order valence-electron chi connectivity index (χ0n) is 10.5. The number of carbonyl (C=O) groups is 2. The van der Waals surface area contributed by atoms with Crippen molar-refractivity contribution in [3.05, 3.63) is 0 Å². The third-order valence-corrected chi connectivity index (χ3v) is 1.99. The standard InChI is InChI=1S/C10H16O6/c1-6(11)15-8-4-10(13-3)14-5-9(8)16-7(2)12/h8-10H,4-5H2,1-3H3/t8-,9+,10-/m0/s1/i4D/t4-,8-,9+,10-. The van der Waals surface area contributed by atoms with E-state index in [1.807, 2.05) is 0 Å². The summed E-state index contributed by atoms with van der Waals surface area (Å²) in [6.07, 6.45) is -3.41. The summed E-state index contributed by atoms with van der Waals surface area (Å²) in [7, 11) is 1.39. The molecule has 0 aromatic carbocycles. The highest BCUT2D eigenvalue weighted by molar-refractivity contribution is 5.67. The van der Waals surface area contributed by atoms with Crippen LogP contribution in [0, 0.1) is 0 Å². The van der Waals surface area contributed by atoms with E-state index in [1.165, 1.54) is 21.0 Å². The summed E-state index contributed by atoms with van der Waals surface area (Å²) in [5, 5.41) is 0. The Labute approximate surface area is 95.2 Å². The molecule has 0 saturated carbocycles. The van der Waals surface area contributed by atoms with E-state index >= 15 is 0 Å². The molecule has 6 heteroatoms. The zero-order chi connectivity index (χ0) is 13.0. The van der Waals surface area contributed by atoms with Crippen LogP contribution >= 0.6 is 0 Å². The van der Waals surface area contributed by atoms with E-state index in [2.05, 4.69) is 0 Å². The van der Waals surface area contributed by atoms with E-state index in [4.69, 9.17) is 20.3 Å². The Kier molecular flexibility index (Phi) is 4.12. The Morgan fingerprint density at radius 3 is 2.31 bits per heavy atom. The molecule has 1 heterocycles. The first-order valence-electron chi connectivity index (χ1n) is 5.44. The van der Waals surface area contributed by atoms with Crippen LogP contribution in [-0.4, -0.2) is 44.2 Å². The van der Waals surface area contributed by atoms with E-state index in [1.54, 1.807) is 0 Å². The molecule has 1 fully saturated rings. The summed E-state index contributed by atoms with van der Waals surface area (Å²) in [6.45, 7) is 2.51. The van der Waals surface area contributed by atoms with Crippen molar-refractivity contribution in [3.8, 4) is 0 Å². The smallest absolute Gasteiger partial charge is 0.303 e. The van der Waals surface area contributed by atoms with Crippen molar-refractivity contribution in [2.24, 2.45) is 0 Å². The fraction of sp³-hybridized carbons (Fsp3) is 0.800. The maximum absolute atomic E-state index is 11.0. The van der Waals surface area contributed by atoms with Gasteiger partial charge < -0.3 is 18.9 Å². The lowest BCUT2D eigenvalue weighted by Crippen LogP contribution is -2.46. The first-order valence-corrected chi connectivity index (χ1v) is 4.86. The normalized spacial score (nSPS) is 35.1. The first-order chi connectivity index (χ1) is 7.95. The predicted octanol–water partition coefficient (Wildman–Crippen LogP) is 0.243. The monoisotopic (exact) mass is 233 g/mol. The lowest BCUT2D eigenvalue weighted by molar-refractivity contribution is -0.224. The van der Waals surface area contributed by atoms with Gasteiger partial charge in [0.25, 0.3) is 0 Å². The Balaban J connectivity index is 2.75. The van der Waals surface area contributed by atoms with Crippen LogP contribution in [-0.2, 0) is 28.5 Å². The van der Waals surface area contributed by atoms with Crippen LogP contribution in [0.15, 0.2) is 0 Å². The van der Waals surface area contributed by atoms with Gasteiger partial charge in [0.15, 0.2) is 12.4 Å². The highest BCUT2D eigenvalue weighted by Gasteiger charge is 2.35. The quantitative estimate of drug-likeness (QED) is 0.650. The van der Waals surface area contributed by atoms with Crippen molar-refractivity contribution < 1.29 is 29.9 Å². The number of hydrogen-bond acceptors (Lipinski definition) is 6. The second-order valence-electron chi connectivity index (χ2n) is 3.35. The molecule has 0 N–H and O–H groups in total. The molecule has 4 atom stereocenters. The Morgan fingerprint density at radius 1 is 1.25 bits per heavy atom. The molecule has 1 saturated heterocycles. The van der Waals surface area contributed by atoms with Crippen molar-refractivity contribution in [2.45, 2.75) is 38.7 Å². The molecule has 0 unspecified atom stereocenters. The molecular weight excluding hydrogens is 216 g/mol. The van der Waals surface area contributed by atoms with Crippen LogP contribution in [0.3, 0.4) is 0 Å². The second kappa shape index (κ2) is 5.81. The molecule has 0 aromatic heterocycles. The molecule has 1 aliphatic heterocycles. The fourth-order valence-electron chi connectivity index (χ4n) is 1.39. The van der Waals surface area contributed by atoms with Gasteiger partial charge in [0.2, 0.25) is 0 Å². The second-order valence-corrected chi connectivity index (χ2v) is 3.35. The van der Waals surface area contributed by atoms with Gasteiger partial charge in [0.1, 0.15) is 6.10 Å². The number of hydrogen-bond donors (Lipinski definition) is 0. The van der Waals surface area contributed by atoms with Gasteiger partial charge in [-0.3, -0.25) is 9.59 Å². The molecule has 0 aliphatic carbocycles. The number of rotatable bonds is 3. The number of methoxy groups -OCH3 is 1. The van der Waals surface area contributed by atoms with E-state index in [0.29, 0.717) is 0 Å². The van der Waals surface area contributed by atoms with Gasteiger partial charge >= 0.3 is 11.9 Å². The lowest BCUT2D eigenvalue weighted by Gasteiger charge is -2.33. The number of esters is 2. The molecule has 1 rings (SSSR count). The first kappa shape index (κ1) is 11.3. The minimum atomic E-state index is -0.956. The van der Waals surface area contributed by atoms with Crippen LogP contribution in [0.5, 0.6) is 0 Å². The largest absolute Gasteiger partial charge is 0.458 e. The van der Waals surface area contributed by atoms with Crippen LogP contribution < -0.4 is 0 Å². The van der Waals surface area contributed by atoms with Gasteiger partial charge in [0, 0.05) is 28.7 Å². The fourth-order valence-corrected chi connectivity index (χ4v) is 1.39. The number of carbonyl (C=O) groups excluding carboxylic acids is 2. The Hall–Kier alpha value is -1.14. The summed E-state index contributed by atoms with van der Waals surface area (Å²) in [5.41, 5.74) is 0. The maximum Gasteiger partial charge on any atom is 0.303 e. The summed E-state index contributed by atoms with van der Waals surface area (Å²) in [4.78, 5) is 21.8. The molecule has 0 aromatic rings. The van der Waals surface area contributed by atoms with Gasteiger partial charge in [-0.1, -0.05) is 0 Å². The van der Waals surface area contributed by atoms with Gasteiger partial charge in [-0.25, -0.2) is 0 Å². The van der Waals surface area contributed by atoms with Crippen LogP contribution in [0.4, 0.5) is 0 Å². The van der Waals surface area contributed by atoms with E-state index in [0.717, 1.165) is 0 Å². The van der Waals surface area contributed by atoms with Gasteiger partial charge in [-0.05, 0) is 0 Å². The van der Waals surface area contributed by atoms with Gasteiger partial charge in [-0.2, -0.15) is 0 Å². The maximum atomic E-state index is 11.0. The molecule has 0 amide bonds. The molecule has 1 aliphatic rings. The van der Waals surface area contributed by atoms with Crippen molar-refractivity contribution in [1.82, 2.24) is 0 Å². The molecule has 92 valence electrons. The van der Waals surface area contributed by atoms with Crippen molar-refractivity contribution >= 4 is 11.9 Å². The topological polar surface area (TPSA) is 71.1 Å². The summed E-state index contributed by atoms with van der Waals surface area (Å²) in [5.74, 6) is -1.06. The Bertz CT molecular complexity index is 295. The highest BCUT2D eigenvalue weighted by Crippen LogP contribution is 2.20. The predicted molar refractivity (Wildman–Crippen MR) is 52.5 cm³/mol. The minimum absolute atomic E-state index is 0.0331. The highest BCUT2D eigenvalue weighted by atomic mass is 16.7. The molecule has 0 spiro atoms. The number of ether oxygens (including phenoxy) is 4. The van der Waals surface area contributed by atoms with E-state index < -0.39 is 36.8 Å². The average Bonchev–Trinajstić information content (AvgIpc) is 2.22. The molecule has 16 heavy (non-hydrogen) atoms. The van der Waals surface area contributed by atoms with E-state index in [-0.39, 0.29) is 6.61 Å². The average molecular weight is 233 g/mol. The summed E-state index contributed by atoms with van der Waals surface area (Å²) >= 11 is 0. The molecule has 6 nitrogen and oxygen atoms in total. The SMILES string of the molecule is [2H][C@@H]1[C@@H](OC)OC[C@@H](OC(C)=O)[C@H]1OC(C)=O. The van der Waals surface area contributed by atoms with Crippen molar-refractivity contribution in [1.29, 1.82) is 0 Å². The zero-order valence-corrected chi connectivity index (χ0v) is 9.47. The van der Waals surface area contributed by atoms with Crippen LogP contribution in [0.1, 0.15) is 21.6 Å². The van der Waals surface area contributed by atoms with Crippen molar-refractivity contribution in [3.63, 3.8) is 0 Å². The van der Waals surface area contributed by atoms with Crippen molar-refractivity contribution in [2.75, 3.05) is 13.7 Å². The van der Waals surface area contributed by atoms with E-state index in [9.17, 15) is 9.59 Å². The summed E-state index contributed by atoms with van der Waals surface area (Å²) in [6, 6.07) is 0. The molecular formula is C10H16O6. The minimum Gasteiger partial charge on any atom is -0.458 e. The van der Waals surface area contributed by atoms with Gasteiger partial charge in [0.05, 0.1) is 6.61 Å².